The number of nitrogens with one attached hydrogen (secondary N) is 1. The van der Waals surface area contributed by atoms with Crippen LogP contribution < -0.4 is 19.3 Å². The van der Waals surface area contributed by atoms with Gasteiger partial charge in [-0.15, -0.1) is 0 Å². The summed E-state index contributed by atoms with van der Waals surface area (Å²) in [5.74, 6) is -0.485. The first-order valence-electron chi connectivity index (χ1n) is 8.28. The minimum Gasteiger partial charge on any atom is -0.476 e. The van der Waals surface area contributed by atoms with Gasteiger partial charge in [0, 0.05) is 0 Å². The zero-order chi connectivity index (χ0) is 19.2. The fourth-order valence-corrected chi connectivity index (χ4v) is 4.16. The lowest BCUT2D eigenvalue weighted by Crippen LogP contribution is -2.54. The van der Waals surface area contributed by atoms with E-state index in [2.05, 4.69) is 5.32 Å². The maximum absolute atomic E-state index is 13.1. The number of rotatable bonds is 2. The molecule has 0 radical (unpaired) electrons. The SMILES string of the molecule is CS(=O)(=O)N1C[C@@H](C(=O)N2CC(=O)Nc3ccccc32)Oc2ccccc21. The third-order valence-electron chi connectivity index (χ3n) is 4.45. The molecule has 2 aliphatic heterocycles. The van der Waals surface area contributed by atoms with Crippen LogP contribution >= 0.6 is 0 Å². The lowest BCUT2D eigenvalue weighted by molar-refractivity contribution is -0.127. The van der Waals surface area contributed by atoms with E-state index < -0.39 is 22.0 Å². The summed E-state index contributed by atoms with van der Waals surface area (Å²) < 4.78 is 31.4. The average Bonchev–Trinajstić information content (AvgIpc) is 2.65. The smallest absolute Gasteiger partial charge is 0.270 e. The first-order valence-corrected chi connectivity index (χ1v) is 10.1. The summed E-state index contributed by atoms with van der Waals surface area (Å²) in [6.07, 6.45) is 0.0221. The Kier molecular flexibility index (Phi) is 4.03. The maximum atomic E-state index is 13.1. The van der Waals surface area contributed by atoms with Crippen molar-refractivity contribution in [2.75, 3.05) is 33.9 Å². The molecule has 2 aliphatic rings. The van der Waals surface area contributed by atoms with Gasteiger partial charge in [0.15, 0.2) is 6.10 Å². The molecule has 1 N–H and O–H groups in total. The second kappa shape index (κ2) is 6.27. The number of fused-ring (bicyclic) bond motifs is 2. The van der Waals surface area contributed by atoms with Crippen LogP contribution in [0.3, 0.4) is 0 Å². The molecule has 0 saturated heterocycles. The number of ether oxygens (including phenoxy) is 1. The van der Waals surface area contributed by atoms with E-state index in [4.69, 9.17) is 4.74 Å². The van der Waals surface area contributed by atoms with Gasteiger partial charge >= 0.3 is 0 Å². The van der Waals surface area contributed by atoms with Crippen molar-refractivity contribution >= 4 is 38.9 Å². The normalized spacial score (nSPS) is 18.9. The molecule has 2 aromatic rings. The number of benzene rings is 2. The molecule has 1 atom stereocenters. The summed E-state index contributed by atoms with van der Waals surface area (Å²) in [4.78, 5) is 26.5. The predicted molar refractivity (Wildman–Crippen MR) is 100 cm³/mol. The molecule has 9 heteroatoms. The van der Waals surface area contributed by atoms with E-state index in [1.807, 2.05) is 0 Å². The molecule has 8 nitrogen and oxygen atoms in total. The summed E-state index contributed by atoms with van der Waals surface area (Å²) in [5, 5.41) is 2.72. The number of amides is 2. The van der Waals surface area contributed by atoms with Crippen LogP contribution in [-0.2, 0) is 19.6 Å². The van der Waals surface area contributed by atoms with Crippen molar-refractivity contribution in [1.29, 1.82) is 0 Å². The highest BCUT2D eigenvalue weighted by atomic mass is 32.2. The Bertz CT molecular complexity index is 1040. The molecule has 2 heterocycles. The van der Waals surface area contributed by atoms with Gasteiger partial charge in [0.1, 0.15) is 12.3 Å². The fraction of sp³-hybridized carbons (Fsp3) is 0.222. The third kappa shape index (κ3) is 3.10. The van der Waals surface area contributed by atoms with Crippen molar-refractivity contribution in [2.24, 2.45) is 0 Å². The highest BCUT2D eigenvalue weighted by Gasteiger charge is 2.39. The van der Waals surface area contributed by atoms with Gasteiger partial charge in [-0.05, 0) is 24.3 Å². The van der Waals surface area contributed by atoms with Crippen molar-refractivity contribution < 1.29 is 22.7 Å². The van der Waals surface area contributed by atoms with E-state index >= 15 is 0 Å². The highest BCUT2D eigenvalue weighted by Crippen LogP contribution is 2.36. The maximum Gasteiger partial charge on any atom is 0.270 e. The molecule has 0 fully saturated rings. The predicted octanol–water partition coefficient (Wildman–Crippen LogP) is 1.20. The number of carbonyl (C=O) groups excluding carboxylic acids is 2. The van der Waals surface area contributed by atoms with Crippen molar-refractivity contribution in [3.05, 3.63) is 48.5 Å². The van der Waals surface area contributed by atoms with Crippen LogP contribution in [0.2, 0.25) is 0 Å². The Morgan fingerprint density at radius 1 is 1.11 bits per heavy atom. The molecule has 2 aromatic carbocycles. The van der Waals surface area contributed by atoms with Crippen LogP contribution in [0.4, 0.5) is 17.1 Å². The first-order chi connectivity index (χ1) is 12.8. The van der Waals surface area contributed by atoms with E-state index in [0.29, 0.717) is 22.8 Å². The Morgan fingerprint density at radius 2 is 1.78 bits per heavy atom. The molecule has 4 rings (SSSR count). The van der Waals surface area contributed by atoms with Gasteiger partial charge in [-0.3, -0.25) is 18.8 Å². The van der Waals surface area contributed by atoms with Crippen molar-refractivity contribution in [3.8, 4) is 5.75 Å². The van der Waals surface area contributed by atoms with Gasteiger partial charge < -0.3 is 10.1 Å². The van der Waals surface area contributed by atoms with Gasteiger partial charge in [0.25, 0.3) is 5.91 Å². The van der Waals surface area contributed by atoms with Crippen LogP contribution in [0.25, 0.3) is 0 Å². The standard InChI is InChI=1S/C18H17N3O5S/c1-27(24,25)21-10-16(26-15-9-5-4-8-14(15)21)18(23)20-11-17(22)19-12-6-2-3-7-13(12)20/h2-9,16H,10-11H2,1H3,(H,19,22)/t16-/m0/s1. The number of hydrogen-bond acceptors (Lipinski definition) is 5. The molecule has 2 amide bonds. The lowest BCUT2D eigenvalue weighted by atomic mass is 10.1. The van der Waals surface area contributed by atoms with Crippen LogP contribution in [0.1, 0.15) is 0 Å². The van der Waals surface area contributed by atoms with Crippen LogP contribution in [0, 0.1) is 0 Å². The van der Waals surface area contributed by atoms with E-state index in [1.54, 1.807) is 48.5 Å². The number of sulfonamides is 1. The van der Waals surface area contributed by atoms with E-state index in [0.717, 1.165) is 10.6 Å². The van der Waals surface area contributed by atoms with E-state index in [-0.39, 0.29) is 19.0 Å². The Morgan fingerprint density at radius 3 is 2.52 bits per heavy atom. The quantitative estimate of drug-likeness (QED) is 0.835. The minimum absolute atomic E-state index is 0.157. The zero-order valence-corrected chi connectivity index (χ0v) is 15.3. The highest BCUT2D eigenvalue weighted by molar-refractivity contribution is 7.92. The first kappa shape index (κ1) is 17.3. The summed E-state index contributed by atoms with van der Waals surface area (Å²) in [7, 11) is -3.60. The molecular weight excluding hydrogens is 370 g/mol. The van der Waals surface area contributed by atoms with E-state index in [1.165, 1.54) is 4.90 Å². The Balaban J connectivity index is 1.70. The minimum atomic E-state index is -3.60. The Labute approximate surface area is 156 Å². The van der Waals surface area contributed by atoms with Crippen LogP contribution in [-0.4, -0.2) is 45.7 Å². The Hall–Kier alpha value is -3.07. The molecule has 140 valence electrons. The van der Waals surface area contributed by atoms with E-state index in [9.17, 15) is 18.0 Å². The molecule has 0 bridgehead atoms. The number of nitrogens with zero attached hydrogens (tertiary/aromatic N) is 2. The number of para-hydroxylation sites is 4. The molecular formula is C18H17N3O5S. The van der Waals surface area contributed by atoms with Crippen LogP contribution in [0.15, 0.2) is 48.5 Å². The fourth-order valence-electron chi connectivity index (χ4n) is 3.25. The van der Waals surface area contributed by atoms with Crippen molar-refractivity contribution in [1.82, 2.24) is 0 Å². The van der Waals surface area contributed by atoms with Gasteiger partial charge in [-0.25, -0.2) is 8.42 Å². The largest absolute Gasteiger partial charge is 0.476 e. The average molecular weight is 387 g/mol. The number of anilines is 3. The summed E-state index contributed by atoms with van der Waals surface area (Å²) in [5.41, 5.74) is 1.47. The second-order valence-corrected chi connectivity index (χ2v) is 8.26. The van der Waals surface area contributed by atoms with Crippen LogP contribution in [0.5, 0.6) is 5.75 Å². The molecule has 0 aliphatic carbocycles. The topological polar surface area (TPSA) is 96.0 Å². The summed E-state index contributed by atoms with van der Waals surface area (Å²) >= 11 is 0. The molecule has 0 unspecified atom stereocenters. The summed E-state index contributed by atoms with van der Waals surface area (Å²) in [6, 6.07) is 13.6. The van der Waals surface area contributed by atoms with Crippen molar-refractivity contribution in [2.45, 2.75) is 6.10 Å². The van der Waals surface area contributed by atoms with Gasteiger partial charge in [0.2, 0.25) is 15.9 Å². The molecule has 0 saturated carbocycles. The van der Waals surface area contributed by atoms with Crippen molar-refractivity contribution in [3.63, 3.8) is 0 Å². The third-order valence-corrected chi connectivity index (χ3v) is 5.59. The van der Waals surface area contributed by atoms with Gasteiger partial charge in [0.05, 0.1) is 29.9 Å². The molecule has 0 aromatic heterocycles. The second-order valence-electron chi connectivity index (χ2n) is 6.36. The molecule has 0 spiro atoms. The number of hydrogen-bond donors (Lipinski definition) is 1. The zero-order valence-electron chi connectivity index (χ0n) is 14.5. The monoisotopic (exact) mass is 387 g/mol. The number of carbonyl (C=O) groups is 2. The lowest BCUT2D eigenvalue weighted by Gasteiger charge is -2.37. The summed E-state index contributed by atoms with van der Waals surface area (Å²) in [6.45, 7) is -0.314. The van der Waals surface area contributed by atoms with Gasteiger partial charge in [-0.2, -0.15) is 0 Å². The van der Waals surface area contributed by atoms with Gasteiger partial charge in [-0.1, -0.05) is 24.3 Å². The molecule has 27 heavy (non-hydrogen) atoms.